The summed E-state index contributed by atoms with van der Waals surface area (Å²) in [6, 6.07) is 0. The number of halogens is 1. The lowest BCUT2D eigenvalue weighted by atomic mass is 10.1. The van der Waals surface area contributed by atoms with E-state index in [2.05, 4.69) is 0 Å². The van der Waals surface area contributed by atoms with Crippen molar-refractivity contribution in [3.05, 3.63) is 0 Å². The molecular weight excluding hydrogens is 248 g/mol. The second-order valence-electron chi connectivity index (χ2n) is 4.68. The molecule has 5 heteroatoms. The van der Waals surface area contributed by atoms with Crippen molar-refractivity contribution in [2.24, 2.45) is 5.73 Å². The topological polar surface area (TPSA) is 63.3 Å². The largest absolute Gasteiger partial charge is 1.00 e. The van der Waals surface area contributed by atoms with Crippen molar-refractivity contribution in [2.75, 3.05) is 27.7 Å². The molecule has 0 unspecified atom stereocenters. The Morgan fingerprint density at radius 3 is 1.50 bits per heavy atom. The maximum atomic E-state index is 10.4. The van der Waals surface area contributed by atoms with Gasteiger partial charge in [0.2, 0.25) is 0 Å². The molecule has 0 aromatic rings. The van der Waals surface area contributed by atoms with E-state index < -0.39 is 5.54 Å². The maximum absolute atomic E-state index is 10.4. The van der Waals surface area contributed by atoms with Crippen LogP contribution in [0.3, 0.4) is 0 Å². The van der Waals surface area contributed by atoms with Crippen LogP contribution in [-0.4, -0.2) is 48.8 Å². The summed E-state index contributed by atoms with van der Waals surface area (Å²) in [7, 11) is 5.55. The number of carbonyl (C=O) groups is 1. The first-order valence-corrected chi connectivity index (χ1v) is 4.23. The van der Waals surface area contributed by atoms with Crippen molar-refractivity contribution >= 4 is 5.91 Å². The average molecular weight is 271 g/mol. The summed E-state index contributed by atoms with van der Waals surface area (Å²) in [6.45, 7) is 5.17. The molecule has 0 rings (SSSR count). The fourth-order valence-corrected chi connectivity index (χ4v) is 0. The fourth-order valence-electron chi connectivity index (χ4n) is 0. The maximum Gasteiger partial charge on any atom is 0.309 e. The zero-order valence-corrected chi connectivity index (χ0v) is 11.6. The van der Waals surface area contributed by atoms with Crippen molar-refractivity contribution in [3.63, 3.8) is 0 Å². The second kappa shape index (κ2) is 7.34. The molecule has 0 aromatic carbocycles. The standard InChI is InChI=1S/C5H12NO.C4H11NO.BrH/c1-5(7)6(2,3)4;1-4(2,5)3-6;/h1-4H3;6H,3,5H2,1-2H3;1H/q+1;;/p-1. The van der Waals surface area contributed by atoms with Crippen LogP contribution in [0, 0.1) is 0 Å². The van der Waals surface area contributed by atoms with Gasteiger partial charge in [-0.1, -0.05) is 0 Å². The number of nitrogens with zero attached hydrogens (tertiary/aromatic N) is 1. The summed E-state index contributed by atoms with van der Waals surface area (Å²) in [4.78, 5) is 10.4. The van der Waals surface area contributed by atoms with Crippen LogP contribution >= 0.6 is 0 Å². The lowest BCUT2D eigenvalue weighted by Crippen LogP contribution is -3.00. The smallest absolute Gasteiger partial charge is 0.309 e. The van der Waals surface area contributed by atoms with Gasteiger partial charge in [0.1, 0.15) is 0 Å². The Hall–Kier alpha value is 0.0300. The van der Waals surface area contributed by atoms with Gasteiger partial charge >= 0.3 is 5.91 Å². The molecule has 0 aliphatic carbocycles. The van der Waals surface area contributed by atoms with E-state index in [0.717, 1.165) is 0 Å². The zero-order valence-electron chi connectivity index (χ0n) is 9.97. The van der Waals surface area contributed by atoms with Gasteiger partial charge in [-0.2, -0.15) is 0 Å². The first-order valence-electron chi connectivity index (χ1n) is 4.23. The number of nitrogens with two attached hydrogens (primary N) is 1. The zero-order chi connectivity index (χ0) is 11.3. The van der Waals surface area contributed by atoms with Crippen LogP contribution in [0.4, 0.5) is 0 Å². The highest BCUT2D eigenvalue weighted by atomic mass is 79.9. The summed E-state index contributed by atoms with van der Waals surface area (Å²) >= 11 is 0. The summed E-state index contributed by atoms with van der Waals surface area (Å²) in [6.07, 6.45) is 0. The Morgan fingerprint density at radius 1 is 1.36 bits per heavy atom. The molecule has 1 amide bonds. The number of hydrogen-bond donors (Lipinski definition) is 2. The van der Waals surface area contributed by atoms with E-state index in [9.17, 15) is 4.79 Å². The highest BCUT2D eigenvalue weighted by molar-refractivity contribution is 5.64. The van der Waals surface area contributed by atoms with Gasteiger partial charge in [-0.05, 0) is 13.8 Å². The predicted molar refractivity (Wildman–Crippen MR) is 54.1 cm³/mol. The van der Waals surface area contributed by atoms with Crippen molar-refractivity contribution in [3.8, 4) is 0 Å². The lowest BCUT2D eigenvalue weighted by molar-refractivity contribution is -0.791. The molecule has 0 saturated heterocycles. The monoisotopic (exact) mass is 270 g/mol. The second-order valence-corrected chi connectivity index (χ2v) is 4.68. The van der Waals surface area contributed by atoms with Crippen LogP contribution in [0.2, 0.25) is 0 Å². The Bertz CT molecular complexity index is 159. The highest BCUT2D eigenvalue weighted by Gasteiger charge is 2.11. The number of amides is 1. The summed E-state index contributed by atoms with van der Waals surface area (Å²) in [5, 5.41) is 8.28. The van der Waals surface area contributed by atoms with E-state index in [-0.39, 0.29) is 29.5 Å². The Labute approximate surface area is 97.4 Å². The molecule has 88 valence electrons. The molecule has 0 atom stereocenters. The number of rotatable bonds is 1. The van der Waals surface area contributed by atoms with Gasteiger partial charge in [-0.3, -0.25) is 4.48 Å². The molecular formula is C9H23BrN2O2. The number of quaternary nitrogens is 1. The van der Waals surface area contributed by atoms with E-state index in [1.807, 2.05) is 21.1 Å². The minimum absolute atomic E-state index is 0. The van der Waals surface area contributed by atoms with E-state index >= 15 is 0 Å². The van der Waals surface area contributed by atoms with Crippen molar-refractivity contribution < 1.29 is 31.4 Å². The van der Waals surface area contributed by atoms with Gasteiger partial charge in [0, 0.05) is 5.54 Å². The third-order valence-corrected chi connectivity index (χ3v) is 1.35. The van der Waals surface area contributed by atoms with Crippen molar-refractivity contribution in [1.29, 1.82) is 0 Å². The fraction of sp³-hybridized carbons (Fsp3) is 0.889. The number of hydrogen-bond acceptors (Lipinski definition) is 3. The van der Waals surface area contributed by atoms with Gasteiger partial charge < -0.3 is 27.8 Å². The highest BCUT2D eigenvalue weighted by Crippen LogP contribution is 1.90. The third-order valence-electron chi connectivity index (χ3n) is 1.35. The van der Waals surface area contributed by atoms with Gasteiger partial charge in [0.15, 0.2) is 0 Å². The quantitative estimate of drug-likeness (QED) is 0.498. The molecule has 0 heterocycles. The molecule has 0 bridgehead atoms. The van der Waals surface area contributed by atoms with Gasteiger partial charge in [-0.15, -0.1) is 0 Å². The molecule has 0 saturated carbocycles. The van der Waals surface area contributed by atoms with E-state index in [4.69, 9.17) is 10.8 Å². The molecule has 0 spiro atoms. The number of aliphatic hydroxyl groups is 1. The van der Waals surface area contributed by atoms with Gasteiger partial charge in [0.05, 0.1) is 34.7 Å². The molecule has 14 heavy (non-hydrogen) atoms. The molecule has 0 aliphatic heterocycles. The van der Waals surface area contributed by atoms with Crippen LogP contribution in [0.1, 0.15) is 20.8 Å². The normalized spacial score (nSPS) is 10.9. The first-order chi connectivity index (χ1) is 5.50. The summed E-state index contributed by atoms with van der Waals surface area (Å²) in [5.41, 5.74) is 4.88. The Balaban J connectivity index is -0.000000163. The van der Waals surface area contributed by atoms with Crippen LogP contribution in [-0.2, 0) is 4.79 Å². The molecule has 0 aliphatic rings. The van der Waals surface area contributed by atoms with Crippen LogP contribution in [0.15, 0.2) is 0 Å². The predicted octanol–water partition coefficient (Wildman–Crippen LogP) is -3.04. The van der Waals surface area contributed by atoms with Crippen LogP contribution in [0.25, 0.3) is 0 Å². The minimum Gasteiger partial charge on any atom is -1.00 e. The van der Waals surface area contributed by atoms with Crippen molar-refractivity contribution in [1.82, 2.24) is 0 Å². The van der Waals surface area contributed by atoms with Crippen LogP contribution < -0.4 is 22.7 Å². The van der Waals surface area contributed by atoms with E-state index in [0.29, 0.717) is 4.48 Å². The van der Waals surface area contributed by atoms with E-state index in [1.54, 1.807) is 20.8 Å². The molecule has 3 N–H and O–H groups in total. The molecule has 0 aromatic heterocycles. The van der Waals surface area contributed by atoms with Gasteiger partial charge in [-0.25, -0.2) is 4.79 Å². The third kappa shape index (κ3) is 17.9. The molecule has 0 fully saturated rings. The minimum atomic E-state index is -0.403. The summed E-state index contributed by atoms with van der Waals surface area (Å²) in [5.74, 6) is 0.181. The van der Waals surface area contributed by atoms with Gasteiger partial charge in [0.25, 0.3) is 0 Å². The van der Waals surface area contributed by atoms with Crippen LogP contribution in [0.5, 0.6) is 0 Å². The molecule has 0 radical (unpaired) electrons. The number of aliphatic hydroxyl groups excluding tert-OH is 1. The van der Waals surface area contributed by atoms with Crippen molar-refractivity contribution in [2.45, 2.75) is 26.3 Å². The Morgan fingerprint density at radius 2 is 1.50 bits per heavy atom. The average Bonchev–Trinajstić information content (AvgIpc) is 1.85. The Kier molecular flexibility index (Phi) is 10.3. The SMILES string of the molecule is CC(=O)[N+](C)(C)C.CC(C)(N)CO.[Br-]. The van der Waals surface area contributed by atoms with E-state index in [1.165, 1.54) is 0 Å². The first kappa shape index (κ1) is 19.6. The molecule has 4 nitrogen and oxygen atoms in total. The summed E-state index contributed by atoms with van der Waals surface area (Å²) < 4.78 is 0.417. The lowest BCUT2D eigenvalue weighted by Gasteiger charge is -2.17. The number of carbonyl (C=O) groups excluding carboxylic acids is 1.